The summed E-state index contributed by atoms with van der Waals surface area (Å²) in [5.74, 6) is 1.52. The van der Waals surface area contributed by atoms with Gasteiger partial charge >= 0.3 is 0 Å². The van der Waals surface area contributed by atoms with Crippen LogP contribution in [-0.2, 0) is 6.61 Å². The van der Waals surface area contributed by atoms with Crippen molar-refractivity contribution in [3.8, 4) is 11.5 Å². The monoisotopic (exact) mass is 400 g/mol. The number of nitrogens with zero attached hydrogens (tertiary/aromatic N) is 2. The van der Waals surface area contributed by atoms with E-state index in [0.717, 1.165) is 11.1 Å². The highest BCUT2D eigenvalue weighted by molar-refractivity contribution is 5.82. The topological polar surface area (TPSA) is 88.6 Å². The van der Waals surface area contributed by atoms with Crippen molar-refractivity contribution in [3.63, 3.8) is 0 Å². The van der Waals surface area contributed by atoms with Gasteiger partial charge in [-0.25, -0.2) is 10.4 Å². The Kier molecular flexibility index (Phi) is 5.70. The van der Waals surface area contributed by atoms with Crippen LogP contribution < -0.4 is 20.5 Å². The average molecular weight is 400 g/mol. The van der Waals surface area contributed by atoms with Crippen LogP contribution in [0.4, 0.5) is 5.95 Å². The second-order valence-corrected chi connectivity index (χ2v) is 6.49. The molecular formula is C23H20N4O3. The normalized spacial score (nSPS) is 11.0. The van der Waals surface area contributed by atoms with E-state index in [2.05, 4.69) is 20.5 Å². The van der Waals surface area contributed by atoms with Crippen LogP contribution in [0.15, 0.2) is 82.7 Å². The lowest BCUT2D eigenvalue weighted by molar-refractivity contribution is 0.284. The highest BCUT2D eigenvalue weighted by Crippen LogP contribution is 2.28. The van der Waals surface area contributed by atoms with Crippen molar-refractivity contribution in [2.75, 3.05) is 12.5 Å². The van der Waals surface area contributed by atoms with Gasteiger partial charge in [-0.1, -0.05) is 42.5 Å². The minimum atomic E-state index is -0.222. The molecule has 0 saturated heterocycles. The minimum absolute atomic E-state index is 0.222. The standard InChI is InChI=1S/C23H20N4O3/c1-29-21-13-17(11-12-20(21)30-15-16-7-3-2-4-8-16)14-24-27-23-25-19-10-6-5-9-18(19)22(28)26-23/h2-14H,15H2,1H3,(H2,25,26,27,28). The van der Waals surface area contributed by atoms with Crippen molar-refractivity contribution in [2.45, 2.75) is 6.61 Å². The molecule has 0 unspecified atom stereocenters. The molecule has 7 nitrogen and oxygen atoms in total. The molecule has 7 heteroatoms. The van der Waals surface area contributed by atoms with Crippen molar-refractivity contribution >= 4 is 23.1 Å². The first-order chi connectivity index (χ1) is 14.7. The van der Waals surface area contributed by atoms with E-state index >= 15 is 0 Å². The number of anilines is 1. The molecule has 0 radical (unpaired) electrons. The number of nitrogens with one attached hydrogen (secondary N) is 2. The van der Waals surface area contributed by atoms with Gasteiger partial charge in [-0.3, -0.25) is 9.78 Å². The molecule has 1 heterocycles. The molecule has 4 rings (SSSR count). The van der Waals surface area contributed by atoms with E-state index in [1.165, 1.54) is 0 Å². The number of H-pyrrole nitrogens is 1. The fourth-order valence-electron chi connectivity index (χ4n) is 2.93. The summed E-state index contributed by atoms with van der Waals surface area (Å²) in [5, 5.41) is 4.68. The third kappa shape index (κ3) is 4.47. The smallest absolute Gasteiger partial charge is 0.260 e. The molecule has 4 aromatic rings. The van der Waals surface area contributed by atoms with Crippen LogP contribution in [0.5, 0.6) is 11.5 Å². The van der Waals surface area contributed by atoms with E-state index in [9.17, 15) is 4.79 Å². The molecule has 150 valence electrons. The Morgan fingerprint density at radius 1 is 1.03 bits per heavy atom. The van der Waals surface area contributed by atoms with Crippen LogP contribution in [0.25, 0.3) is 10.9 Å². The summed E-state index contributed by atoms with van der Waals surface area (Å²) in [6.07, 6.45) is 1.61. The number of ether oxygens (including phenoxy) is 2. The van der Waals surface area contributed by atoms with Crippen LogP contribution in [0.3, 0.4) is 0 Å². The minimum Gasteiger partial charge on any atom is -0.493 e. The molecular weight excluding hydrogens is 380 g/mol. The van der Waals surface area contributed by atoms with E-state index in [0.29, 0.717) is 29.0 Å². The highest BCUT2D eigenvalue weighted by atomic mass is 16.5. The number of aromatic nitrogens is 2. The molecule has 0 amide bonds. The Balaban J connectivity index is 1.45. The number of aromatic amines is 1. The summed E-state index contributed by atoms with van der Waals surface area (Å²) < 4.78 is 11.3. The van der Waals surface area contributed by atoms with Crippen molar-refractivity contribution in [1.29, 1.82) is 0 Å². The maximum Gasteiger partial charge on any atom is 0.260 e. The van der Waals surface area contributed by atoms with E-state index in [-0.39, 0.29) is 11.5 Å². The summed E-state index contributed by atoms with van der Waals surface area (Å²) in [5.41, 5.74) is 5.01. The highest BCUT2D eigenvalue weighted by Gasteiger charge is 2.06. The van der Waals surface area contributed by atoms with Gasteiger partial charge in [0.05, 0.1) is 24.2 Å². The first-order valence-corrected chi connectivity index (χ1v) is 9.36. The lowest BCUT2D eigenvalue weighted by atomic mass is 10.2. The van der Waals surface area contributed by atoms with Crippen LogP contribution >= 0.6 is 0 Å². The van der Waals surface area contributed by atoms with Gasteiger partial charge in [0.25, 0.3) is 5.56 Å². The second-order valence-electron chi connectivity index (χ2n) is 6.49. The summed E-state index contributed by atoms with van der Waals surface area (Å²) in [7, 11) is 1.59. The maximum atomic E-state index is 12.1. The lowest BCUT2D eigenvalue weighted by Gasteiger charge is -2.11. The Labute approximate surface area is 173 Å². The van der Waals surface area contributed by atoms with Gasteiger partial charge in [0.2, 0.25) is 5.95 Å². The molecule has 0 aliphatic carbocycles. The number of para-hydroxylation sites is 1. The first-order valence-electron chi connectivity index (χ1n) is 9.36. The Morgan fingerprint density at radius 3 is 2.67 bits per heavy atom. The molecule has 0 fully saturated rings. The molecule has 0 saturated carbocycles. The maximum absolute atomic E-state index is 12.1. The molecule has 0 spiro atoms. The fourth-order valence-corrected chi connectivity index (χ4v) is 2.93. The summed E-state index contributed by atoms with van der Waals surface area (Å²) in [6.45, 7) is 0.452. The van der Waals surface area contributed by atoms with Crippen LogP contribution in [0.1, 0.15) is 11.1 Å². The molecule has 2 N–H and O–H groups in total. The molecule has 0 atom stereocenters. The number of rotatable bonds is 7. The third-order valence-corrected chi connectivity index (χ3v) is 4.42. The van der Waals surface area contributed by atoms with Gasteiger partial charge in [-0.15, -0.1) is 0 Å². The Bertz CT molecular complexity index is 1240. The SMILES string of the molecule is COc1cc(C=NNc2nc3ccccc3c(=O)[nH]2)ccc1OCc1ccccc1. The molecule has 0 bridgehead atoms. The molecule has 3 aromatic carbocycles. The molecule has 0 aliphatic heterocycles. The van der Waals surface area contributed by atoms with Gasteiger partial charge in [0, 0.05) is 0 Å². The second kappa shape index (κ2) is 8.91. The summed E-state index contributed by atoms with van der Waals surface area (Å²) in [6, 6.07) is 22.6. The quantitative estimate of drug-likeness (QED) is 0.362. The molecule has 0 aliphatic rings. The predicted octanol–water partition coefficient (Wildman–Crippen LogP) is 3.96. The number of hydrogen-bond donors (Lipinski definition) is 2. The Morgan fingerprint density at radius 2 is 1.83 bits per heavy atom. The Hall–Kier alpha value is -4.13. The molecule has 1 aromatic heterocycles. The van der Waals surface area contributed by atoms with Crippen LogP contribution in [0.2, 0.25) is 0 Å². The van der Waals surface area contributed by atoms with Crippen molar-refractivity contribution in [2.24, 2.45) is 5.10 Å². The number of methoxy groups -OCH3 is 1. The molecule has 30 heavy (non-hydrogen) atoms. The number of benzene rings is 3. The first kappa shape index (κ1) is 19.2. The fraction of sp³-hybridized carbons (Fsp3) is 0.0870. The van der Waals surface area contributed by atoms with Gasteiger partial charge in [-0.2, -0.15) is 5.10 Å². The van der Waals surface area contributed by atoms with E-state index in [1.807, 2.05) is 54.6 Å². The van der Waals surface area contributed by atoms with Crippen molar-refractivity contribution < 1.29 is 9.47 Å². The summed E-state index contributed by atoms with van der Waals surface area (Å²) in [4.78, 5) is 19.1. The number of hydrazone groups is 1. The van der Waals surface area contributed by atoms with Crippen LogP contribution in [-0.4, -0.2) is 23.3 Å². The van der Waals surface area contributed by atoms with Gasteiger partial charge in [0.1, 0.15) is 6.61 Å². The lowest BCUT2D eigenvalue weighted by Crippen LogP contribution is -2.10. The largest absolute Gasteiger partial charge is 0.493 e. The van der Waals surface area contributed by atoms with E-state index < -0.39 is 0 Å². The third-order valence-electron chi connectivity index (χ3n) is 4.42. The van der Waals surface area contributed by atoms with Crippen molar-refractivity contribution in [3.05, 3.63) is 94.3 Å². The average Bonchev–Trinajstić information content (AvgIpc) is 2.79. The van der Waals surface area contributed by atoms with Gasteiger partial charge in [0.15, 0.2) is 11.5 Å². The predicted molar refractivity (Wildman–Crippen MR) is 117 cm³/mol. The number of hydrogen-bond acceptors (Lipinski definition) is 6. The van der Waals surface area contributed by atoms with Crippen molar-refractivity contribution in [1.82, 2.24) is 9.97 Å². The van der Waals surface area contributed by atoms with Crippen LogP contribution in [0, 0.1) is 0 Å². The summed E-state index contributed by atoms with van der Waals surface area (Å²) >= 11 is 0. The zero-order chi connectivity index (χ0) is 20.8. The van der Waals surface area contributed by atoms with Gasteiger partial charge in [-0.05, 0) is 41.5 Å². The zero-order valence-electron chi connectivity index (χ0n) is 16.3. The number of fused-ring (bicyclic) bond motifs is 1. The van der Waals surface area contributed by atoms with E-state index in [4.69, 9.17) is 9.47 Å². The van der Waals surface area contributed by atoms with Gasteiger partial charge < -0.3 is 9.47 Å². The van der Waals surface area contributed by atoms with E-state index in [1.54, 1.807) is 31.5 Å². The zero-order valence-corrected chi connectivity index (χ0v) is 16.3.